The summed E-state index contributed by atoms with van der Waals surface area (Å²) in [6.07, 6.45) is 0.568. The zero-order valence-corrected chi connectivity index (χ0v) is 16.3. The Balaban J connectivity index is 1.75. The number of hydrogen-bond donors (Lipinski definition) is 0. The topological polar surface area (TPSA) is 91.8 Å². The zero-order valence-electron chi connectivity index (χ0n) is 14.7. The third kappa shape index (κ3) is 2.58. The zero-order chi connectivity index (χ0) is 19.4. The van der Waals surface area contributed by atoms with Crippen molar-refractivity contribution in [3.8, 4) is 11.5 Å². The molecular formula is C19H13BrN4O4. The van der Waals surface area contributed by atoms with Crippen molar-refractivity contribution in [1.29, 1.82) is 0 Å². The van der Waals surface area contributed by atoms with Crippen LogP contribution in [0.5, 0.6) is 11.5 Å². The molecule has 28 heavy (non-hydrogen) atoms. The van der Waals surface area contributed by atoms with Crippen LogP contribution < -0.4 is 9.47 Å². The highest BCUT2D eigenvalue weighted by Gasteiger charge is 2.26. The Bertz CT molecular complexity index is 1170. The van der Waals surface area contributed by atoms with Crippen molar-refractivity contribution in [3.63, 3.8) is 0 Å². The fourth-order valence-electron chi connectivity index (χ4n) is 3.40. The van der Waals surface area contributed by atoms with Gasteiger partial charge in [0, 0.05) is 29.7 Å². The second kappa shape index (κ2) is 6.16. The van der Waals surface area contributed by atoms with Crippen LogP contribution in [-0.4, -0.2) is 27.1 Å². The highest BCUT2D eigenvalue weighted by atomic mass is 79.9. The lowest BCUT2D eigenvalue weighted by molar-refractivity contribution is -0.384. The highest BCUT2D eigenvalue weighted by Crippen LogP contribution is 2.38. The van der Waals surface area contributed by atoms with E-state index in [1.54, 1.807) is 16.8 Å². The average molecular weight is 441 g/mol. The number of benzene rings is 2. The van der Waals surface area contributed by atoms with E-state index in [1.807, 2.05) is 19.1 Å². The Kier molecular flexibility index (Phi) is 3.73. The number of imidazole rings is 1. The maximum Gasteiger partial charge on any atom is 0.269 e. The van der Waals surface area contributed by atoms with Crippen LogP contribution in [0, 0.1) is 17.0 Å². The van der Waals surface area contributed by atoms with Gasteiger partial charge in [-0.3, -0.25) is 10.1 Å². The van der Waals surface area contributed by atoms with Crippen molar-refractivity contribution in [2.45, 2.75) is 13.3 Å². The molecule has 0 spiro atoms. The summed E-state index contributed by atoms with van der Waals surface area (Å²) in [5.74, 6) is 2.14. The van der Waals surface area contributed by atoms with E-state index in [4.69, 9.17) is 14.6 Å². The number of nitro groups is 1. The van der Waals surface area contributed by atoms with Crippen LogP contribution in [-0.2, 0) is 6.42 Å². The molecule has 0 saturated carbocycles. The third-order valence-corrected chi connectivity index (χ3v) is 5.59. The van der Waals surface area contributed by atoms with Gasteiger partial charge in [-0.1, -0.05) is 0 Å². The molecule has 0 unspecified atom stereocenters. The second-order valence-electron chi connectivity index (χ2n) is 6.51. The number of ether oxygens (including phenoxy) is 2. The van der Waals surface area contributed by atoms with Gasteiger partial charge >= 0.3 is 0 Å². The second-order valence-corrected chi connectivity index (χ2v) is 7.26. The van der Waals surface area contributed by atoms with Crippen LogP contribution in [0.3, 0.4) is 0 Å². The van der Waals surface area contributed by atoms with E-state index in [0.717, 1.165) is 32.8 Å². The van der Waals surface area contributed by atoms with Crippen LogP contribution in [0.2, 0.25) is 0 Å². The van der Waals surface area contributed by atoms with E-state index in [0.29, 0.717) is 23.6 Å². The van der Waals surface area contributed by atoms with E-state index >= 15 is 0 Å². The third-order valence-electron chi connectivity index (χ3n) is 4.84. The summed E-state index contributed by atoms with van der Waals surface area (Å²) in [6.45, 7) is 2.11. The van der Waals surface area contributed by atoms with E-state index in [-0.39, 0.29) is 12.5 Å². The first-order valence-electron chi connectivity index (χ1n) is 8.51. The van der Waals surface area contributed by atoms with E-state index in [9.17, 15) is 10.1 Å². The van der Waals surface area contributed by atoms with Gasteiger partial charge in [-0.2, -0.15) is 5.10 Å². The number of fused-ring (bicyclic) bond motifs is 3. The number of rotatable bonds is 2. The van der Waals surface area contributed by atoms with E-state index < -0.39 is 4.92 Å². The first-order valence-corrected chi connectivity index (χ1v) is 9.31. The van der Waals surface area contributed by atoms with Crippen molar-refractivity contribution in [1.82, 2.24) is 9.66 Å². The summed E-state index contributed by atoms with van der Waals surface area (Å²) < 4.78 is 13.6. The number of nitrogens with zero attached hydrogens (tertiary/aromatic N) is 4. The molecule has 8 nitrogen and oxygen atoms in total. The van der Waals surface area contributed by atoms with Gasteiger partial charge in [-0.05, 0) is 52.7 Å². The van der Waals surface area contributed by atoms with Gasteiger partial charge < -0.3 is 9.47 Å². The largest absolute Gasteiger partial charge is 0.454 e. The van der Waals surface area contributed by atoms with E-state index in [1.165, 1.54) is 12.1 Å². The molecule has 1 aromatic heterocycles. The number of aromatic nitrogens is 2. The summed E-state index contributed by atoms with van der Waals surface area (Å²) in [7, 11) is 0. The molecule has 3 aromatic rings. The molecule has 3 heterocycles. The number of non-ortho nitro benzene ring substituents is 1. The molecule has 2 aliphatic heterocycles. The van der Waals surface area contributed by atoms with Crippen LogP contribution in [0.4, 0.5) is 5.69 Å². The van der Waals surface area contributed by atoms with Crippen molar-refractivity contribution in [3.05, 3.63) is 79.3 Å². The molecule has 0 fully saturated rings. The van der Waals surface area contributed by atoms with E-state index in [2.05, 4.69) is 20.9 Å². The summed E-state index contributed by atoms with van der Waals surface area (Å²) >= 11 is 3.47. The quantitative estimate of drug-likeness (QED) is 0.349. The Morgan fingerprint density at radius 3 is 2.61 bits per heavy atom. The first-order chi connectivity index (χ1) is 13.5. The summed E-state index contributed by atoms with van der Waals surface area (Å²) in [6, 6.07) is 10.2. The standard InChI is InChI=1S/C19H13BrN4O4/c1-10-19(20)21-17-7-12-6-15-16(28-9-27-15)8-14(12)18(22-23(10)17)11-2-4-13(5-3-11)24(25)26/h2-6,8H,7,9H2,1H3. The maximum absolute atomic E-state index is 11.0. The van der Waals surface area contributed by atoms with Gasteiger partial charge in [0.1, 0.15) is 10.4 Å². The van der Waals surface area contributed by atoms with Gasteiger partial charge in [0.05, 0.1) is 16.3 Å². The van der Waals surface area contributed by atoms with Crippen molar-refractivity contribution >= 4 is 27.3 Å². The van der Waals surface area contributed by atoms with Crippen LogP contribution in [0.1, 0.15) is 28.2 Å². The lowest BCUT2D eigenvalue weighted by Crippen LogP contribution is -2.07. The SMILES string of the molecule is Cc1c(Br)nc2n1N=C(c1ccc([N+](=O)[O-])cc1)c1cc3c(cc1C2)OCO3. The highest BCUT2D eigenvalue weighted by molar-refractivity contribution is 9.10. The number of nitro benzene ring substituents is 1. The van der Waals surface area contributed by atoms with Crippen LogP contribution in [0.25, 0.3) is 0 Å². The molecule has 0 N–H and O–H groups in total. The Morgan fingerprint density at radius 2 is 1.89 bits per heavy atom. The number of hydrogen-bond acceptors (Lipinski definition) is 6. The summed E-state index contributed by atoms with van der Waals surface area (Å²) in [4.78, 5) is 15.2. The first kappa shape index (κ1) is 16.9. The molecule has 0 bridgehead atoms. The molecule has 9 heteroatoms. The Labute approximate surface area is 167 Å². The monoisotopic (exact) mass is 440 g/mol. The minimum Gasteiger partial charge on any atom is -0.454 e. The maximum atomic E-state index is 11.0. The van der Waals surface area contributed by atoms with Crippen molar-refractivity contribution in [2.24, 2.45) is 5.10 Å². The minimum absolute atomic E-state index is 0.0335. The summed E-state index contributed by atoms with van der Waals surface area (Å²) in [5.41, 5.74) is 4.25. The van der Waals surface area contributed by atoms with Crippen molar-refractivity contribution < 1.29 is 14.4 Å². The Hall–Kier alpha value is -3.20. The molecule has 0 amide bonds. The smallest absolute Gasteiger partial charge is 0.269 e. The molecule has 0 saturated heterocycles. The van der Waals surface area contributed by atoms with Gasteiger partial charge in [0.2, 0.25) is 6.79 Å². The molecule has 5 rings (SSSR count). The molecule has 0 aliphatic carbocycles. The van der Waals surface area contributed by atoms with Gasteiger partial charge in [0.25, 0.3) is 5.69 Å². The molecular weight excluding hydrogens is 428 g/mol. The average Bonchev–Trinajstić information content (AvgIpc) is 3.19. The fraction of sp³-hybridized carbons (Fsp3) is 0.158. The molecule has 140 valence electrons. The normalized spacial score (nSPS) is 14.1. The summed E-state index contributed by atoms with van der Waals surface area (Å²) in [5, 5.41) is 15.9. The molecule has 2 aliphatic rings. The molecule has 0 atom stereocenters. The lowest BCUT2D eigenvalue weighted by atomic mass is 9.95. The predicted molar refractivity (Wildman–Crippen MR) is 104 cm³/mol. The fourth-order valence-corrected chi connectivity index (χ4v) is 3.77. The van der Waals surface area contributed by atoms with Gasteiger partial charge in [-0.25, -0.2) is 9.66 Å². The molecule has 0 radical (unpaired) electrons. The van der Waals surface area contributed by atoms with Gasteiger partial charge in [0.15, 0.2) is 11.5 Å². The van der Waals surface area contributed by atoms with Crippen LogP contribution in [0.15, 0.2) is 46.1 Å². The lowest BCUT2D eigenvalue weighted by Gasteiger charge is -2.11. The van der Waals surface area contributed by atoms with Crippen molar-refractivity contribution in [2.75, 3.05) is 6.79 Å². The minimum atomic E-state index is -0.417. The Morgan fingerprint density at radius 1 is 1.18 bits per heavy atom. The van der Waals surface area contributed by atoms with Crippen LogP contribution >= 0.6 is 15.9 Å². The number of halogens is 1. The molecule has 2 aromatic carbocycles. The predicted octanol–water partition coefficient (Wildman–Crippen LogP) is 3.80. The van der Waals surface area contributed by atoms with Gasteiger partial charge in [-0.15, -0.1) is 0 Å².